The molecule has 1 aromatic carbocycles. The number of morpholine rings is 1. The van der Waals surface area contributed by atoms with Crippen LogP contribution in [-0.2, 0) is 84.5 Å². The minimum atomic E-state index is -0.629. The molecule has 9 nitrogen and oxygen atoms in total. The maximum absolute atomic E-state index is 12.2. The zero-order valence-corrected chi connectivity index (χ0v) is 26.5. The van der Waals surface area contributed by atoms with E-state index in [1.54, 1.807) is 32.9 Å². The fraction of sp³-hybridized carbons (Fsp3) is 0.522. The van der Waals surface area contributed by atoms with Crippen molar-refractivity contribution in [2.45, 2.75) is 46.1 Å². The Hall–Kier alpha value is -0.602. The van der Waals surface area contributed by atoms with Crippen LogP contribution in [0.3, 0.4) is 0 Å². The summed E-state index contributed by atoms with van der Waals surface area (Å²) in [7, 11) is 1.52. The van der Waals surface area contributed by atoms with Crippen molar-refractivity contribution >= 4 is 34.8 Å². The third-order valence-electron chi connectivity index (χ3n) is 4.16. The molecule has 2 rings (SSSR count). The zero-order valence-electron chi connectivity index (χ0n) is 20.9. The molecule has 0 bridgehead atoms. The van der Waals surface area contributed by atoms with Crippen molar-refractivity contribution in [3.63, 3.8) is 0 Å². The molecule has 0 atom stereocenters. The van der Waals surface area contributed by atoms with Gasteiger partial charge in [0.1, 0.15) is 11.4 Å². The van der Waals surface area contributed by atoms with Crippen molar-refractivity contribution in [2.24, 2.45) is 0 Å². The number of nitrogens with zero attached hydrogens (tertiary/aromatic N) is 1. The van der Waals surface area contributed by atoms with Crippen molar-refractivity contribution in [1.82, 2.24) is 0 Å². The molecule has 186 valence electrons. The largest absolute Gasteiger partial charge is 0.494 e. The van der Waals surface area contributed by atoms with Gasteiger partial charge in [0, 0.05) is 84.6 Å². The normalized spacial score (nSPS) is 12.6. The Labute approximate surface area is 253 Å². The quantitative estimate of drug-likeness (QED) is 0.462. The minimum Gasteiger partial charge on any atom is -0.494 e. The Balaban J connectivity index is 0. The van der Waals surface area contributed by atoms with Crippen LogP contribution in [0.5, 0.6) is 5.75 Å². The smallest absolute Gasteiger partial charge is 0.412 e. The number of carbonyl (C=O) groups is 3. The van der Waals surface area contributed by atoms with Crippen LogP contribution in [0.2, 0.25) is 0 Å². The van der Waals surface area contributed by atoms with Crippen LogP contribution < -0.4 is 20.3 Å². The Morgan fingerprint density at radius 1 is 1.03 bits per heavy atom. The number of amides is 2. The molecule has 1 aromatic rings. The monoisotopic (exact) mass is 627 g/mol. The van der Waals surface area contributed by atoms with Crippen LogP contribution in [0.4, 0.5) is 21.9 Å². The standard InChI is InChI=1S/C19H28N3O5.C4H7O.2Y/c1-6-17(23)20-13-11-14(21-18(24)27-19(2,3)4)16(25-5)12-15(13)22-7-9-26-10-8-22;1-3-4(2)5;;/h11-12H,1,6-10H2,2-5H3,(H,20,23)(H,21,24);1,3H2,2H3;;/q2*-1;;. The summed E-state index contributed by atoms with van der Waals surface area (Å²) in [6, 6.07) is 3.46. The van der Waals surface area contributed by atoms with Gasteiger partial charge < -0.3 is 43.1 Å². The van der Waals surface area contributed by atoms with Crippen LogP contribution >= 0.6 is 0 Å². The van der Waals surface area contributed by atoms with Gasteiger partial charge in [-0.3, -0.25) is 10.1 Å². The fourth-order valence-electron chi connectivity index (χ4n) is 2.63. The van der Waals surface area contributed by atoms with E-state index >= 15 is 0 Å². The first-order chi connectivity index (χ1) is 15.0. The molecule has 11 heteroatoms. The van der Waals surface area contributed by atoms with Crippen molar-refractivity contribution in [3.05, 3.63) is 26.0 Å². The molecular formula is C23H35N3O6Y2-2. The molecular weight excluding hydrogens is 592 g/mol. The minimum absolute atomic E-state index is 0. The Kier molecular flexibility index (Phi) is 18.6. The number of anilines is 3. The van der Waals surface area contributed by atoms with Gasteiger partial charge in [0.2, 0.25) is 0 Å². The van der Waals surface area contributed by atoms with Gasteiger partial charge in [0.15, 0.2) is 5.91 Å². The van der Waals surface area contributed by atoms with Gasteiger partial charge in [0.05, 0.1) is 43.2 Å². The van der Waals surface area contributed by atoms with E-state index in [-0.39, 0.29) is 83.5 Å². The molecule has 0 spiro atoms. The maximum atomic E-state index is 12.2. The number of ether oxygens (including phenoxy) is 3. The molecule has 1 aliphatic rings. The van der Waals surface area contributed by atoms with E-state index in [0.717, 1.165) is 5.69 Å². The Morgan fingerprint density at radius 2 is 1.59 bits per heavy atom. The fourth-order valence-corrected chi connectivity index (χ4v) is 2.63. The van der Waals surface area contributed by atoms with E-state index in [0.29, 0.717) is 49.8 Å². The molecule has 1 aliphatic heterocycles. The van der Waals surface area contributed by atoms with Crippen LogP contribution in [0.15, 0.2) is 12.1 Å². The molecule has 0 aliphatic carbocycles. The summed E-state index contributed by atoms with van der Waals surface area (Å²) < 4.78 is 16.1. The second kappa shape index (κ2) is 17.8. The van der Waals surface area contributed by atoms with E-state index in [1.165, 1.54) is 14.0 Å². The molecule has 1 saturated heterocycles. The molecule has 0 unspecified atom stereocenters. The average Bonchev–Trinajstić information content (AvgIpc) is 2.73. The summed E-state index contributed by atoms with van der Waals surface area (Å²) in [5.74, 6) is 0.387. The first kappa shape index (κ1) is 35.6. The van der Waals surface area contributed by atoms with Crippen LogP contribution in [-0.4, -0.2) is 56.8 Å². The first-order valence-corrected chi connectivity index (χ1v) is 10.4. The van der Waals surface area contributed by atoms with E-state index < -0.39 is 11.7 Å². The number of hydrogen-bond donors (Lipinski definition) is 2. The molecule has 2 N–H and O–H groups in total. The van der Waals surface area contributed by atoms with Gasteiger partial charge in [-0.25, -0.2) is 4.79 Å². The van der Waals surface area contributed by atoms with E-state index in [1.807, 2.05) is 0 Å². The summed E-state index contributed by atoms with van der Waals surface area (Å²) in [5.41, 5.74) is 1.14. The van der Waals surface area contributed by atoms with Gasteiger partial charge in [-0.15, -0.1) is 12.8 Å². The number of carbonyl (C=O) groups excluding carboxylic acids is 3. The number of rotatable bonds is 6. The second-order valence-electron chi connectivity index (χ2n) is 8.05. The van der Waals surface area contributed by atoms with E-state index in [2.05, 4.69) is 29.4 Å². The number of ketones is 1. The number of hydrogen-bond acceptors (Lipinski definition) is 7. The van der Waals surface area contributed by atoms with Crippen molar-refractivity contribution in [3.8, 4) is 5.75 Å². The van der Waals surface area contributed by atoms with E-state index in [4.69, 9.17) is 14.2 Å². The van der Waals surface area contributed by atoms with Gasteiger partial charge in [0.25, 0.3) is 0 Å². The van der Waals surface area contributed by atoms with Crippen LogP contribution in [0.1, 0.15) is 40.5 Å². The molecule has 34 heavy (non-hydrogen) atoms. The van der Waals surface area contributed by atoms with Crippen LogP contribution in [0, 0.1) is 13.8 Å². The molecule has 1 heterocycles. The summed E-state index contributed by atoms with van der Waals surface area (Å²) >= 11 is 0. The Morgan fingerprint density at radius 3 is 2.03 bits per heavy atom. The molecule has 0 aromatic heterocycles. The van der Waals surface area contributed by atoms with Crippen molar-refractivity contribution in [2.75, 3.05) is 48.9 Å². The van der Waals surface area contributed by atoms with Crippen molar-refractivity contribution in [1.29, 1.82) is 0 Å². The summed E-state index contributed by atoms with van der Waals surface area (Å²) in [6.07, 6.45) is -0.0852. The first-order valence-electron chi connectivity index (χ1n) is 10.4. The number of benzene rings is 1. The van der Waals surface area contributed by atoms with Gasteiger partial charge in [-0.2, -0.15) is 0 Å². The third kappa shape index (κ3) is 13.5. The zero-order chi connectivity index (χ0) is 24.3. The van der Waals surface area contributed by atoms with Gasteiger partial charge >= 0.3 is 6.09 Å². The van der Waals surface area contributed by atoms with Crippen LogP contribution in [0.25, 0.3) is 0 Å². The topological polar surface area (TPSA) is 106 Å². The Bertz CT molecular complexity index is 794. The van der Waals surface area contributed by atoms with Gasteiger partial charge in [-0.1, -0.05) is 0 Å². The molecule has 1 fully saturated rings. The third-order valence-corrected chi connectivity index (χ3v) is 4.16. The van der Waals surface area contributed by atoms with Gasteiger partial charge in [-0.05, 0) is 33.8 Å². The average molecular weight is 627 g/mol. The van der Waals surface area contributed by atoms with Crippen molar-refractivity contribution < 1.29 is 94.0 Å². The number of nitrogens with one attached hydrogen (secondary N) is 2. The number of methoxy groups -OCH3 is 1. The SMILES string of the molecule is [CH2-]CC(=O)Nc1cc(NC(=O)OC(C)(C)C)c(OC)cc1N1CCOCC1.[CH2-]CC(C)=O.[Y].[Y]. The predicted molar refractivity (Wildman–Crippen MR) is 125 cm³/mol. The maximum Gasteiger partial charge on any atom is 0.412 e. The molecule has 2 radical (unpaired) electrons. The summed E-state index contributed by atoms with van der Waals surface area (Å²) in [5, 5.41) is 5.52. The molecule has 0 saturated carbocycles. The second-order valence-corrected chi connectivity index (χ2v) is 8.05. The summed E-state index contributed by atoms with van der Waals surface area (Å²) in [4.78, 5) is 35.9. The summed E-state index contributed by atoms with van der Waals surface area (Å²) in [6.45, 7) is 16.4. The number of Topliss-reactive ketones (excluding diaryl/α,β-unsaturated/α-hetero) is 1. The van der Waals surface area contributed by atoms with E-state index in [9.17, 15) is 14.4 Å². The predicted octanol–water partition coefficient (Wildman–Crippen LogP) is 3.84. The molecule has 2 amide bonds.